The van der Waals surface area contributed by atoms with Crippen molar-refractivity contribution in [2.45, 2.75) is 19.3 Å². The molecule has 0 unspecified atom stereocenters. The fraction of sp³-hybridized carbons (Fsp3) is 0.0566. The minimum atomic E-state index is -0.0907. The number of rotatable bonds is 5. The lowest BCUT2D eigenvalue weighted by Gasteiger charge is -2.27. The first-order valence-corrected chi connectivity index (χ1v) is 19.9. The highest BCUT2D eigenvalue weighted by Gasteiger charge is 2.35. The standard InChI is InChI=1S/C53H37NS/c1-53(2)49-21-10-9-19-45(49)46-29-27-38(33-50(46)53)54(52-31-30-51(55-52)47-20-11-13-35-12-3-4-14-39(35)47)37-25-22-34(23-26-37)36-24-28-44-42-17-6-5-15-40(42)41-16-7-8-18-43(41)48(44)32-36/h3-33H,1-2H3. The molecule has 1 aliphatic rings. The van der Waals surface area contributed by atoms with Gasteiger partial charge in [-0.2, -0.15) is 0 Å². The van der Waals surface area contributed by atoms with Crippen LogP contribution in [0.3, 0.4) is 0 Å². The second kappa shape index (κ2) is 12.3. The van der Waals surface area contributed by atoms with Crippen LogP contribution >= 0.6 is 11.3 Å². The van der Waals surface area contributed by atoms with Crippen LogP contribution in [0.1, 0.15) is 25.0 Å². The first-order valence-electron chi connectivity index (χ1n) is 19.1. The van der Waals surface area contributed by atoms with Gasteiger partial charge in [0.1, 0.15) is 5.00 Å². The Labute approximate surface area is 325 Å². The zero-order valence-corrected chi connectivity index (χ0v) is 31.6. The second-order valence-electron chi connectivity index (χ2n) is 15.3. The second-order valence-corrected chi connectivity index (χ2v) is 16.4. The molecule has 0 bridgehead atoms. The molecule has 0 amide bonds. The van der Waals surface area contributed by atoms with Gasteiger partial charge in [-0.15, -0.1) is 11.3 Å². The van der Waals surface area contributed by atoms with E-state index in [1.807, 2.05) is 11.3 Å². The minimum absolute atomic E-state index is 0.0907. The zero-order chi connectivity index (χ0) is 36.7. The average molecular weight is 720 g/mol. The lowest BCUT2D eigenvalue weighted by atomic mass is 9.82. The van der Waals surface area contributed by atoms with Gasteiger partial charge >= 0.3 is 0 Å². The van der Waals surface area contributed by atoms with Crippen molar-refractivity contribution < 1.29 is 0 Å². The van der Waals surface area contributed by atoms with Gasteiger partial charge in [0.05, 0.1) is 0 Å². The summed E-state index contributed by atoms with van der Waals surface area (Å²) in [5, 5.41) is 11.5. The van der Waals surface area contributed by atoms with Crippen molar-refractivity contribution in [3.8, 4) is 32.7 Å². The van der Waals surface area contributed by atoms with Crippen molar-refractivity contribution in [1.29, 1.82) is 0 Å². The van der Waals surface area contributed by atoms with Gasteiger partial charge in [-0.25, -0.2) is 0 Å². The fourth-order valence-electron chi connectivity index (χ4n) is 9.16. The summed E-state index contributed by atoms with van der Waals surface area (Å²) in [6.45, 7) is 4.72. The summed E-state index contributed by atoms with van der Waals surface area (Å²) in [4.78, 5) is 3.71. The van der Waals surface area contributed by atoms with Crippen molar-refractivity contribution in [3.05, 3.63) is 199 Å². The van der Waals surface area contributed by atoms with E-state index < -0.39 is 0 Å². The fourth-order valence-corrected chi connectivity index (χ4v) is 10.2. The van der Waals surface area contributed by atoms with Crippen LogP contribution in [0.2, 0.25) is 0 Å². The molecule has 2 heteroatoms. The number of hydrogen-bond acceptors (Lipinski definition) is 2. The number of anilines is 3. The van der Waals surface area contributed by atoms with Gasteiger partial charge in [-0.3, -0.25) is 0 Å². The number of hydrogen-bond donors (Lipinski definition) is 0. The lowest BCUT2D eigenvalue weighted by molar-refractivity contribution is 0.660. The van der Waals surface area contributed by atoms with Crippen LogP contribution < -0.4 is 4.90 Å². The van der Waals surface area contributed by atoms with E-state index >= 15 is 0 Å². The molecule has 260 valence electrons. The van der Waals surface area contributed by atoms with Crippen molar-refractivity contribution in [3.63, 3.8) is 0 Å². The van der Waals surface area contributed by atoms with Crippen LogP contribution in [0.4, 0.5) is 16.4 Å². The maximum Gasteiger partial charge on any atom is 0.101 e. The molecule has 0 spiro atoms. The van der Waals surface area contributed by atoms with Crippen molar-refractivity contribution >= 4 is 70.8 Å². The summed E-state index contributed by atoms with van der Waals surface area (Å²) >= 11 is 1.85. The van der Waals surface area contributed by atoms with Crippen LogP contribution in [0.15, 0.2) is 188 Å². The van der Waals surface area contributed by atoms with Gasteiger partial charge in [-0.1, -0.05) is 159 Å². The summed E-state index contributed by atoms with van der Waals surface area (Å²) in [6, 6.07) is 69.6. The first-order chi connectivity index (χ1) is 27.0. The molecule has 0 saturated heterocycles. The Morgan fingerprint density at radius 3 is 1.71 bits per heavy atom. The molecular formula is C53H37NS. The Bertz CT molecular complexity index is 3090. The average Bonchev–Trinajstić information content (AvgIpc) is 3.81. The van der Waals surface area contributed by atoms with Crippen LogP contribution in [-0.4, -0.2) is 0 Å². The van der Waals surface area contributed by atoms with E-state index in [0.717, 1.165) is 5.69 Å². The molecule has 1 nitrogen and oxygen atoms in total. The van der Waals surface area contributed by atoms with E-state index in [-0.39, 0.29) is 5.41 Å². The molecule has 0 aliphatic heterocycles. The van der Waals surface area contributed by atoms with Gasteiger partial charge in [0.15, 0.2) is 0 Å². The molecule has 0 N–H and O–H groups in total. The first kappa shape index (κ1) is 32.0. The third-order valence-electron chi connectivity index (χ3n) is 11.9. The van der Waals surface area contributed by atoms with Crippen molar-refractivity contribution in [2.75, 3.05) is 4.90 Å². The quantitative estimate of drug-likeness (QED) is 0.160. The van der Waals surface area contributed by atoms with Crippen molar-refractivity contribution in [2.24, 2.45) is 0 Å². The van der Waals surface area contributed by atoms with E-state index in [2.05, 4.69) is 207 Å². The Morgan fingerprint density at radius 2 is 0.945 bits per heavy atom. The summed E-state index contributed by atoms with van der Waals surface area (Å²) in [6.07, 6.45) is 0. The topological polar surface area (TPSA) is 3.24 Å². The van der Waals surface area contributed by atoms with Gasteiger partial charge in [0, 0.05) is 21.7 Å². The van der Waals surface area contributed by atoms with Crippen LogP contribution in [0.5, 0.6) is 0 Å². The van der Waals surface area contributed by atoms with E-state index in [1.165, 1.54) is 97.6 Å². The zero-order valence-electron chi connectivity index (χ0n) is 30.8. The van der Waals surface area contributed by atoms with E-state index in [9.17, 15) is 0 Å². The number of thiophene rings is 1. The highest BCUT2D eigenvalue weighted by molar-refractivity contribution is 7.19. The maximum absolute atomic E-state index is 2.45. The van der Waals surface area contributed by atoms with Gasteiger partial charge in [0.2, 0.25) is 0 Å². The summed E-state index contributed by atoms with van der Waals surface area (Å²) in [7, 11) is 0. The lowest BCUT2D eigenvalue weighted by Crippen LogP contribution is -2.16. The molecule has 0 atom stereocenters. The maximum atomic E-state index is 2.45. The smallest absolute Gasteiger partial charge is 0.101 e. The number of benzene rings is 9. The predicted octanol–water partition coefficient (Wildman–Crippen LogP) is 15.5. The number of nitrogens with zero attached hydrogens (tertiary/aromatic N) is 1. The molecule has 1 aliphatic carbocycles. The Morgan fingerprint density at radius 1 is 0.382 bits per heavy atom. The summed E-state index contributed by atoms with van der Waals surface area (Å²) in [5.74, 6) is 0. The molecule has 11 rings (SSSR count). The molecule has 0 radical (unpaired) electrons. The molecule has 1 heterocycles. The Hall–Kier alpha value is -6.48. The van der Waals surface area contributed by atoms with Crippen LogP contribution in [-0.2, 0) is 5.41 Å². The molecule has 0 saturated carbocycles. The van der Waals surface area contributed by atoms with Crippen molar-refractivity contribution in [1.82, 2.24) is 0 Å². The molecule has 1 aromatic heterocycles. The molecule has 9 aromatic carbocycles. The van der Waals surface area contributed by atoms with Gasteiger partial charge in [-0.05, 0) is 124 Å². The van der Waals surface area contributed by atoms with Gasteiger partial charge < -0.3 is 4.90 Å². The molecular weight excluding hydrogens is 683 g/mol. The number of fused-ring (bicyclic) bond motifs is 10. The van der Waals surface area contributed by atoms with E-state index in [1.54, 1.807) is 0 Å². The summed E-state index contributed by atoms with van der Waals surface area (Å²) < 4.78 is 0. The Kier molecular flexibility index (Phi) is 7.14. The third-order valence-corrected chi connectivity index (χ3v) is 13.0. The van der Waals surface area contributed by atoms with E-state index in [4.69, 9.17) is 0 Å². The molecule has 55 heavy (non-hydrogen) atoms. The Balaban J connectivity index is 1.04. The normalized spacial score (nSPS) is 13.1. The van der Waals surface area contributed by atoms with E-state index in [0.29, 0.717) is 0 Å². The van der Waals surface area contributed by atoms with Crippen LogP contribution in [0.25, 0.3) is 75.8 Å². The van der Waals surface area contributed by atoms with Crippen LogP contribution in [0, 0.1) is 0 Å². The SMILES string of the molecule is CC1(C)c2ccccc2-c2ccc(N(c3ccc(-c4ccc5c6ccccc6c6ccccc6c5c4)cc3)c3ccc(-c4cccc5ccccc45)s3)cc21. The largest absolute Gasteiger partial charge is 0.302 e. The highest BCUT2D eigenvalue weighted by atomic mass is 32.1. The van der Waals surface area contributed by atoms with Gasteiger partial charge in [0.25, 0.3) is 0 Å². The third kappa shape index (κ3) is 4.99. The highest BCUT2D eigenvalue weighted by Crippen LogP contribution is 2.51. The molecule has 10 aromatic rings. The molecule has 0 fully saturated rings. The summed E-state index contributed by atoms with van der Waals surface area (Å²) in [5.41, 5.74) is 11.4. The minimum Gasteiger partial charge on any atom is -0.302 e. The predicted molar refractivity (Wildman–Crippen MR) is 237 cm³/mol. The monoisotopic (exact) mass is 719 g/mol.